The van der Waals surface area contributed by atoms with Gasteiger partial charge in [0.2, 0.25) is 5.78 Å². The predicted octanol–water partition coefficient (Wildman–Crippen LogP) is 4.13. The smallest absolute Gasteiger partial charge is 0.215 e. The van der Waals surface area contributed by atoms with E-state index in [9.17, 15) is 4.79 Å². The topological polar surface area (TPSA) is 68.9 Å². The molecule has 0 aliphatic heterocycles. The first-order chi connectivity index (χ1) is 10.9. The summed E-state index contributed by atoms with van der Waals surface area (Å²) >= 11 is 3.49. The van der Waals surface area contributed by atoms with E-state index in [4.69, 9.17) is 5.73 Å². The second-order valence-electron chi connectivity index (χ2n) is 5.73. The van der Waals surface area contributed by atoms with E-state index >= 15 is 0 Å². The summed E-state index contributed by atoms with van der Waals surface area (Å²) in [6.45, 7) is 5.87. The highest BCUT2D eigenvalue weighted by molar-refractivity contribution is 9.10. The fraction of sp³-hybridized carbons (Fsp3) is 0.167. The Labute approximate surface area is 142 Å². The van der Waals surface area contributed by atoms with Crippen molar-refractivity contribution < 1.29 is 4.79 Å². The number of halogens is 1. The van der Waals surface area contributed by atoms with E-state index in [0.29, 0.717) is 16.8 Å². The van der Waals surface area contributed by atoms with E-state index in [1.54, 1.807) is 0 Å². The SMILES string of the molecule is Cc1ccc(C(=O)c2nnc3cc(C)c(Br)cc3c2N)c(C)c1. The van der Waals surface area contributed by atoms with Crippen LogP contribution in [-0.4, -0.2) is 16.0 Å². The normalized spacial score (nSPS) is 11.0. The number of anilines is 1. The van der Waals surface area contributed by atoms with Crippen LogP contribution in [0.25, 0.3) is 10.9 Å². The maximum atomic E-state index is 12.8. The minimum absolute atomic E-state index is 0.195. The van der Waals surface area contributed by atoms with Gasteiger partial charge in [0.15, 0.2) is 5.69 Å². The third-order valence-electron chi connectivity index (χ3n) is 3.92. The zero-order valence-electron chi connectivity index (χ0n) is 13.1. The van der Waals surface area contributed by atoms with Crippen LogP contribution < -0.4 is 5.73 Å². The van der Waals surface area contributed by atoms with Crippen molar-refractivity contribution in [2.75, 3.05) is 5.73 Å². The summed E-state index contributed by atoms with van der Waals surface area (Å²) < 4.78 is 0.926. The lowest BCUT2D eigenvalue weighted by Crippen LogP contribution is -2.11. The molecule has 1 aromatic heterocycles. The summed E-state index contributed by atoms with van der Waals surface area (Å²) in [7, 11) is 0. The maximum Gasteiger partial charge on any atom is 0.215 e. The van der Waals surface area contributed by atoms with E-state index in [-0.39, 0.29) is 11.5 Å². The quantitative estimate of drug-likeness (QED) is 0.689. The monoisotopic (exact) mass is 369 g/mol. The molecular weight excluding hydrogens is 354 g/mol. The molecular formula is C18H16BrN3O. The third-order valence-corrected chi connectivity index (χ3v) is 4.78. The van der Waals surface area contributed by atoms with Crippen LogP contribution in [0.3, 0.4) is 0 Å². The van der Waals surface area contributed by atoms with E-state index < -0.39 is 0 Å². The Morgan fingerprint density at radius 3 is 2.48 bits per heavy atom. The summed E-state index contributed by atoms with van der Waals surface area (Å²) in [6, 6.07) is 9.47. The molecule has 3 rings (SSSR count). The van der Waals surface area contributed by atoms with Crippen molar-refractivity contribution in [2.24, 2.45) is 0 Å². The first-order valence-corrected chi connectivity index (χ1v) is 8.01. The summed E-state index contributed by atoms with van der Waals surface area (Å²) in [5.41, 5.74) is 11.1. The van der Waals surface area contributed by atoms with Gasteiger partial charge in [-0.05, 0) is 44.0 Å². The Balaban J connectivity index is 2.18. The van der Waals surface area contributed by atoms with E-state index in [2.05, 4.69) is 26.1 Å². The van der Waals surface area contributed by atoms with Crippen molar-refractivity contribution in [3.8, 4) is 0 Å². The highest BCUT2D eigenvalue weighted by Gasteiger charge is 2.19. The second-order valence-corrected chi connectivity index (χ2v) is 6.58. The molecule has 0 bridgehead atoms. The second kappa shape index (κ2) is 5.74. The number of aryl methyl sites for hydroxylation is 3. The number of hydrogen-bond donors (Lipinski definition) is 1. The molecule has 0 saturated carbocycles. The van der Waals surface area contributed by atoms with Crippen LogP contribution in [0.1, 0.15) is 32.7 Å². The molecule has 116 valence electrons. The number of fused-ring (bicyclic) bond motifs is 1. The zero-order valence-corrected chi connectivity index (χ0v) is 14.7. The van der Waals surface area contributed by atoms with Crippen molar-refractivity contribution >= 4 is 38.3 Å². The van der Waals surface area contributed by atoms with Crippen molar-refractivity contribution in [1.29, 1.82) is 0 Å². The highest BCUT2D eigenvalue weighted by atomic mass is 79.9. The van der Waals surface area contributed by atoms with Gasteiger partial charge in [-0.15, -0.1) is 10.2 Å². The molecule has 0 aliphatic carbocycles. The van der Waals surface area contributed by atoms with Crippen molar-refractivity contribution in [1.82, 2.24) is 10.2 Å². The summed E-state index contributed by atoms with van der Waals surface area (Å²) in [4.78, 5) is 12.8. The molecule has 0 amide bonds. The number of ketones is 1. The first kappa shape index (κ1) is 15.6. The summed E-state index contributed by atoms with van der Waals surface area (Å²) in [6.07, 6.45) is 0. The number of nitrogens with zero attached hydrogens (tertiary/aromatic N) is 2. The van der Waals surface area contributed by atoms with E-state index in [1.807, 2.05) is 51.1 Å². The van der Waals surface area contributed by atoms with E-state index in [1.165, 1.54) is 0 Å². The van der Waals surface area contributed by atoms with Crippen LogP contribution in [0.5, 0.6) is 0 Å². The van der Waals surface area contributed by atoms with Crippen LogP contribution in [0.15, 0.2) is 34.8 Å². The largest absolute Gasteiger partial charge is 0.396 e. The van der Waals surface area contributed by atoms with Crippen LogP contribution in [0.2, 0.25) is 0 Å². The Kier molecular flexibility index (Phi) is 3.90. The van der Waals surface area contributed by atoms with Gasteiger partial charge in [-0.1, -0.05) is 39.7 Å². The molecule has 2 N–H and O–H groups in total. The Morgan fingerprint density at radius 1 is 1.04 bits per heavy atom. The Hall–Kier alpha value is -2.27. The minimum Gasteiger partial charge on any atom is -0.396 e. The molecule has 2 aromatic carbocycles. The summed E-state index contributed by atoms with van der Waals surface area (Å²) in [5, 5.41) is 8.97. The van der Waals surface area contributed by atoms with Gasteiger partial charge in [-0.3, -0.25) is 4.79 Å². The number of aromatic nitrogens is 2. The number of benzene rings is 2. The molecule has 3 aromatic rings. The molecule has 0 unspecified atom stereocenters. The molecule has 5 heteroatoms. The van der Waals surface area contributed by atoms with Crippen LogP contribution >= 0.6 is 15.9 Å². The van der Waals surface area contributed by atoms with Gasteiger partial charge >= 0.3 is 0 Å². The molecule has 4 nitrogen and oxygen atoms in total. The zero-order chi connectivity index (χ0) is 16.7. The number of hydrogen-bond acceptors (Lipinski definition) is 4. The lowest BCUT2D eigenvalue weighted by atomic mass is 9.99. The van der Waals surface area contributed by atoms with Gasteiger partial charge in [0.1, 0.15) is 0 Å². The van der Waals surface area contributed by atoms with Crippen LogP contribution in [0, 0.1) is 20.8 Å². The lowest BCUT2D eigenvalue weighted by Gasteiger charge is -2.10. The molecule has 0 aliphatic rings. The fourth-order valence-electron chi connectivity index (χ4n) is 2.61. The van der Waals surface area contributed by atoms with Crippen molar-refractivity contribution in [3.63, 3.8) is 0 Å². The molecule has 0 atom stereocenters. The first-order valence-electron chi connectivity index (χ1n) is 7.22. The Morgan fingerprint density at radius 2 is 1.78 bits per heavy atom. The number of carbonyl (C=O) groups excluding carboxylic acids is 1. The van der Waals surface area contributed by atoms with Crippen molar-refractivity contribution in [2.45, 2.75) is 20.8 Å². The average Bonchev–Trinajstić information content (AvgIpc) is 2.49. The van der Waals surface area contributed by atoms with Gasteiger partial charge in [0.05, 0.1) is 11.2 Å². The minimum atomic E-state index is -0.203. The third kappa shape index (κ3) is 2.72. The lowest BCUT2D eigenvalue weighted by molar-refractivity contribution is 0.103. The highest BCUT2D eigenvalue weighted by Crippen LogP contribution is 2.29. The summed E-state index contributed by atoms with van der Waals surface area (Å²) in [5.74, 6) is -0.203. The number of carbonyl (C=O) groups is 1. The predicted molar refractivity (Wildman–Crippen MR) is 95.7 cm³/mol. The number of nitrogen functional groups attached to an aromatic ring is 1. The number of nitrogens with two attached hydrogens (primary N) is 1. The van der Waals surface area contributed by atoms with Gasteiger partial charge in [-0.25, -0.2) is 0 Å². The maximum absolute atomic E-state index is 12.8. The van der Waals surface area contributed by atoms with Crippen molar-refractivity contribution in [3.05, 3.63) is 62.8 Å². The van der Waals surface area contributed by atoms with Gasteiger partial charge in [-0.2, -0.15) is 0 Å². The van der Waals surface area contributed by atoms with Crippen LogP contribution in [0.4, 0.5) is 5.69 Å². The van der Waals surface area contributed by atoms with Gasteiger partial charge in [0.25, 0.3) is 0 Å². The fourth-order valence-corrected chi connectivity index (χ4v) is 2.96. The standard InChI is InChI=1S/C18H16BrN3O/c1-9-4-5-12(10(2)6-9)18(23)17-16(20)13-8-14(19)11(3)7-15(13)21-22-17/h4-8H,1-3H3,(H2,20,21). The van der Waals surface area contributed by atoms with E-state index in [0.717, 1.165) is 26.5 Å². The molecule has 23 heavy (non-hydrogen) atoms. The molecule has 1 heterocycles. The number of rotatable bonds is 2. The van der Waals surface area contributed by atoms with Gasteiger partial charge in [0, 0.05) is 15.4 Å². The Bertz CT molecular complexity index is 951. The molecule has 0 fully saturated rings. The van der Waals surface area contributed by atoms with Gasteiger partial charge < -0.3 is 5.73 Å². The van der Waals surface area contributed by atoms with Crippen LogP contribution in [-0.2, 0) is 0 Å². The molecule has 0 radical (unpaired) electrons. The molecule has 0 spiro atoms. The molecule has 0 saturated heterocycles. The average molecular weight is 370 g/mol.